The summed E-state index contributed by atoms with van der Waals surface area (Å²) in [5.74, 6) is 0.113. The second-order valence-electron chi connectivity index (χ2n) is 2.20. The molecule has 1 fully saturated rings. The number of amides is 4. The molecule has 0 aromatic rings. The van der Waals surface area contributed by atoms with E-state index in [9.17, 15) is 9.59 Å². The molecular formula is C4H2Cl2N4O2. The molecule has 12 heavy (non-hydrogen) atoms. The molecule has 0 bridgehead atoms. The quantitative estimate of drug-likeness (QED) is 0.589. The van der Waals surface area contributed by atoms with E-state index in [0.717, 1.165) is 4.42 Å². The lowest BCUT2D eigenvalue weighted by Gasteiger charge is -2.09. The lowest BCUT2D eigenvalue weighted by atomic mass is 10.5. The number of carbonyl (C=O) groups excluding carboxylic acids is 2. The Morgan fingerprint density at radius 1 is 1.42 bits per heavy atom. The molecular weight excluding hydrogens is 207 g/mol. The minimum Gasteiger partial charge on any atom is -0.308 e. The largest absolute Gasteiger partial charge is 0.357 e. The third-order valence-electron chi connectivity index (χ3n) is 1.50. The van der Waals surface area contributed by atoms with Crippen molar-refractivity contribution < 1.29 is 9.59 Å². The number of carbonyl (C=O) groups is 2. The van der Waals surface area contributed by atoms with Crippen LogP contribution in [0.1, 0.15) is 0 Å². The fourth-order valence-corrected chi connectivity index (χ4v) is 1.44. The summed E-state index contributed by atoms with van der Waals surface area (Å²) in [7, 11) is 0. The summed E-state index contributed by atoms with van der Waals surface area (Å²) in [6.07, 6.45) is -0.732. The van der Waals surface area contributed by atoms with E-state index in [1.54, 1.807) is 0 Å². The molecule has 64 valence electrons. The van der Waals surface area contributed by atoms with Crippen LogP contribution in [0.3, 0.4) is 0 Å². The van der Waals surface area contributed by atoms with Gasteiger partial charge in [-0.2, -0.15) is 9.41 Å². The molecule has 2 rings (SSSR count). The minimum atomic E-state index is -0.732. The first-order valence-corrected chi connectivity index (χ1v) is 3.63. The van der Waals surface area contributed by atoms with Crippen molar-refractivity contribution in [2.24, 2.45) is 4.99 Å². The van der Waals surface area contributed by atoms with E-state index in [-0.39, 0.29) is 5.84 Å². The zero-order valence-corrected chi connectivity index (χ0v) is 7.00. The van der Waals surface area contributed by atoms with Crippen molar-refractivity contribution >= 4 is 41.5 Å². The van der Waals surface area contributed by atoms with Crippen molar-refractivity contribution in [3.05, 3.63) is 0 Å². The predicted octanol–water partition coefficient (Wildman–Crippen LogP) is 0.479. The SMILES string of the molecule is O=C1N=C2C(N1)N(Cl)C(=O)N2Cl. The molecule has 2 aliphatic rings. The number of hydrogen-bond donors (Lipinski definition) is 1. The van der Waals surface area contributed by atoms with Crippen LogP contribution in [0.15, 0.2) is 4.99 Å². The number of aliphatic imine (C=N–C) groups is 1. The van der Waals surface area contributed by atoms with Gasteiger partial charge in [0.2, 0.25) is 0 Å². The van der Waals surface area contributed by atoms with Crippen LogP contribution in [0.4, 0.5) is 9.59 Å². The zero-order chi connectivity index (χ0) is 8.88. The molecule has 6 nitrogen and oxygen atoms in total. The van der Waals surface area contributed by atoms with E-state index >= 15 is 0 Å². The molecule has 1 atom stereocenters. The predicted molar refractivity (Wildman–Crippen MR) is 40.5 cm³/mol. The first kappa shape index (κ1) is 7.63. The van der Waals surface area contributed by atoms with Crippen LogP contribution >= 0.6 is 23.6 Å². The number of hydrogen-bond acceptors (Lipinski definition) is 2. The first-order chi connectivity index (χ1) is 5.61. The van der Waals surface area contributed by atoms with E-state index in [1.165, 1.54) is 0 Å². The Hall–Kier alpha value is -1.01. The number of fused-ring (bicyclic) bond motifs is 1. The van der Waals surface area contributed by atoms with Gasteiger partial charge in [0.05, 0.1) is 0 Å². The molecule has 0 aromatic carbocycles. The zero-order valence-electron chi connectivity index (χ0n) is 5.49. The summed E-state index contributed by atoms with van der Waals surface area (Å²) in [5, 5.41) is 2.33. The number of nitrogens with zero attached hydrogens (tertiary/aromatic N) is 3. The third kappa shape index (κ3) is 0.788. The van der Waals surface area contributed by atoms with Crippen LogP contribution in [0, 0.1) is 0 Å². The Bertz CT molecular complexity index is 303. The number of nitrogens with one attached hydrogen (secondary N) is 1. The van der Waals surface area contributed by atoms with Crippen molar-refractivity contribution in [3.63, 3.8) is 0 Å². The highest BCUT2D eigenvalue weighted by atomic mass is 35.5. The Morgan fingerprint density at radius 3 is 2.67 bits per heavy atom. The van der Waals surface area contributed by atoms with E-state index in [1.807, 2.05) is 0 Å². The molecule has 0 aliphatic carbocycles. The number of urea groups is 2. The van der Waals surface area contributed by atoms with Gasteiger partial charge < -0.3 is 5.32 Å². The van der Waals surface area contributed by atoms with Crippen molar-refractivity contribution in [3.8, 4) is 0 Å². The van der Waals surface area contributed by atoms with Gasteiger partial charge in [-0.25, -0.2) is 14.0 Å². The van der Waals surface area contributed by atoms with E-state index in [4.69, 9.17) is 23.6 Å². The summed E-state index contributed by atoms with van der Waals surface area (Å²) >= 11 is 10.9. The number of amidine groups is 1. The number of rotatable bonds is 0. The van der Waals surface area contributed by atoms with Crippen LogP contribution in [0.2, 0.25) is 0 Å². The average molecular weight is 209 g/mol. The molecule has 0 aromatic heterocycles. The van der Waals surface area contributed by atoms with Gasteiger partial charge in [0.1, 0.15) is 0 Å². The Morgan fingerprint density at radius 2 is 2.08 bits per heavy atom. The van der Waals surface area contributed by atoms with E-state index in [2.05, 4.69) is 10.3 Å². The molecule has 0 saturated carbocycles. The fraction of sp³-hybridized carbons (Fsp3) is 0.250. The Kier molecular flexibility index (Phi) is 1.42. The average Bonchev–Trinajstić information content (AvgIpc) is 2.49. The summed E-state index contributed by atoms with van der Waals surface area (Å²) < 4.78 is 1.48. The maximum absolute atomic E-state index is 11.0. The van der Waals surface area contributed by atoms with Crippen LogP contribution in [-0.4, -0.2) is 32.9 Å². The normalized spacial score (nSPS) is 27.5. The van der Waals surface area contributed by atoms with Gasteiger partial charge in [-0.05, 0) is 0 Å². The molecule has 0 spiro atoms. The summed E-state index contributed by atoms with van der Waals surface area (Å²) in [6.45, 7) is 0. The fourth-order valence-electron chi connectivity index (χ4n) is 0.981. The minimum absolute atomic E-state index is 0.113. The monoisotopic (exact) mass is 208 g/mol. The smallest absolute Gasteiger partial charge is 0.308 e. The summed E-state index contributed by atoms with van der Waals surface area (Å²) in [5.41, 5.74) is 0. The van der Waals surface area contributed by atoms with Crippen LogP contribution in [-0.2, 0) is 0 Å². The topological polar surface area (TPSA) is 65.0 Å². The molecule has 0 radical (unpaired) electrons. The van der Waals surface area contributed by atoms with Gasteiger partial charge >= 0.3 is 12.1 Å². The number of halogens is 2. The van der Waals surface area contributed by atoms with Gasteiger partial charge in [-0.15, -0.1) is 0 Å². The van der Waals surface area contributed by atoms with Crippen molar-refractivity contribution in [1.82, 2.24) is 14.2 Å². The molecule has 1 unspecified atom stereocenters. The highest BCUT2D eigenvalue weighted by Crippen LogP contribution is 2.23. The van der Waals surface area contributed by atoms with E-state index < -0.39 is 18.2 Å². The van der Waals surface area contributed by atoms with Gasteiger partial charge in [-0.1, -0.05) is 0 Å². The standard InChI is InChI=1S/C4H2Cl2N4O2/c5-9-1-2(8-3(11)7-1)10(6)4(9)12/h1H,(H,7,11). The van der Waals surface area contributed by atoms with Crippen LogP contribution in [0.25, 0.3) is 0 Å². The highest BCUT2D eigenvalue weighted by molar-refractivity contribution is 6.40. The van der Waals surface area contributed by atoms with Crippen LogP contribution in [0.5, 0.6) is 0 Å². The molecule has 8 heteroatoms. The molecule has 4 amide bonds. The molecule has 2 aliphatic heterocycles. The summed E-state index contributed by atoms with van der Waals surface area (Å²) in [6, 6.07) is -1.18. The van der Waals surface area contributed by atoms with Crippen LogP contribution < -0.4 is 5.32 Å². The van der Waals surface area contributed by atoms with Crippen molar-refractivity contribution in [1.29, 1.82) is 0 Å². The third-order valence-corrected chi connectivity index (χ3v) is 2.16. The second kappa shape index (κ2) is 2.24. The highest BCUT2D eigenvalue weighted by Gasteiger charge is 2.47. The van der Waals surface area contributed by atoms with Crippen molar-refractivity contribution in [2.75, 3.05) is 0 Å². The Balaban J connectivity index is 2.40. The van der Waals surface area contributed by atoms with Crippen molar-refractivity contribution in [2.45, 2.75) is 6.17 Å². The molecule has 2 heterocycles. The molecule has 1 N–H and O–H groups in total. The summed E-state index contributed by atoms with van der Waals surface area (Å²) in [4.78, 5) is 25.1. The lowest BCUT2D eigenvalue weighted by molar-refractivity contribution is 0.219. The lowest BCUT2D eigenvalue weighted by Crippen LogP contribution is -2.38. The molecule has 1 saturated heterocycles. The first-order valence-electron chi connectivity index (χ1n) is 2.95. The second-order valence-corrected chi connectivity index (χ2v) is 2.90. The van der Waals surface area contributed by atoms with Gasteiger partial charge in [0.15, 0.2) is 12.0 Å². The maximum Gasteiger partial charge on any atom is 0.357 e. The maximum atomic E-state index is 11.0. The Labute approximate surface area is 76.9 Å². The van der Waals surface area contributed by atoms with Gasteiger partial charge in [-0.3, -0.25) is 0 Å². The van der Waals surface area contributed by atoms with Gasteiger partial charge in [0, 0.05) is 23.6 Å². The van der Waals surface area contributed by atoms with Gasteiger partial charge in [0.25, 0.3) is 0 Å². The van der Waals surface area contributed by atoms with E-state index in [0.29, 0.717) is 4.42 Å².